The highest BCUT2D eigenvalue weighted by Crippen LogP contribution is 2.15. The van der Waals surface area contributed by atoms with Gasteiger partial charge in [0.05, 0.1) is 0 Å². The molecular formula is C15H21ClN2O2. The smallest absolute Gasteiger partial charge is 0.246 e. The van der Waals surface area contributed by atoms with Gasteiger partial charge in [0.2, 0.25) is 5.91 Å². The maximum absolute atomic E-state index is 11.5. The first-order valence-electron chi connectivity index (χ1n) is 6.92. The number of benzene rings is 1. The van der Waals surface area contributed by atoms with Crippen molar-refractivity contribution in [2.24, 2.45) is 0 Å². The number of piperidine rings is 1. The molecule has 20 heavy (non-hydrogen) atoms. The van der Waals surface area contributed by atoms with Crippen LogP contribution in [0, 0.1) is 0 Å². The molecule has 1 aliphatic heterocycles. The summed E-state index contributed by atoms with van der Waals surface area (Å²) in [5.74, 6) is -0.0363. The summed E-state index contributed by atoms with van der Waals surface area (Å²) < 4.78 is 4.84. The lowest BCUT2D eigenvalue weighted by molar-refractivity contribution is -0.125. The molecule has 0 aliphatic carbocycles. The van der Waals surface area contributed by atoms with E-state index in [1.165, 1.54) is 12.7 Å². The van der Waals surface area contributed by atoms with Crippen LogP contribution in [0.2, 0.25) is 5.02 Å². The van der Waals surface area contributed by atoms with E-state index < -0.39 is 0 Å². The van der Waals surface area contributed by atoms with Crippen molar-refractivity contribution in [3.63, 3.8) is 0 Å². The van der Waals surface area contributed by atoms with E-state index in [1.54, 1.807) is 0 Å². The van der Waals surface area contributed by atoms with Gasteiger partial charge in [-0.3, -0.25) is 9.69 Å². The lowest BCUT2D eigenvalue weighted by Gasteiger charge is -2.33. The van der Waals surface area contributed by atoms with Crippen molar-refractivity contribution >= 4 is 17.5 Å². The molecule has 1 aromatic carbocycles. The number of methoxy groups -OCH3 is 1. The molecule has 1 saturated heterocycles. The van der Waals surface area contributed by atoms with Gasteiger partial charge in [-0.2, -0.15) is 0 Å². The van der Waals surface area contributed by atoms with E-state index in [4.69, 9.17) is 16.3 Å². The summed E-state index contributed by atoms with van der Waals surface area (Å²) >= 11 is 5.89. The molecule has 110 valence electrons. The largest absolute Gasteiger partial charge is 0.375 e. The zero-order chi connectivity index (χ0) is 14.4. The fourth-order valence-corrected chi connectivity index (χ4v) is 2.69. The number of carbonyl (C=O) groups is 1. The zero-order valence-electron chi connectivity index (χ0n) is 11.8. The van der Waals surface area contributed by atoms with Crippen molar-refractivity contribution in [1.29, 1.82) is 0 Å². The summed E-state index contributed by atoms with van der Waals surface area (Å²) in [5.41, 5.74) is 1.25. The number of ether oxygens (including phenoxy) is 1. The first-order chi connectivity index (χ1) is 9.67. The Bertz CT molecular complexity index is 436. The van der Waals surface area contributed by atoms with Crippen molar-refractivity contribution in [2.45, 2.75) is 25.4 Å². The Balaban J connectivity index is 1.83. The van der Waals surface area contributed by atoms with Crippen molar-refractivity contribution in [1.82, 2.24) is 10.2 Å². The van der Waals surface area contributed by atoms with Gasteiger partial charge in [0.25, 0.3) is 0 Å². The highest BCUT2D eigenvalue weighted by Gasteiger charge is 2.21. The molecule has 0 bridgehead atoms. The van der Waals surface area contributed by atoms with Crippen LogP contribution in [-0.2, 0) is 16.1 Å². The van der Waals surface area contributed by atoms with E-state index in [2.05, 4.69) is 22.3 Å². The molecule has 1 aromatic rings. The summed E-state index contributed by atoms with van der Waals surface area (Å²) in [4.78, 5) is 13.9. The van der Waals surface area contributed by atoms with E-state index in [0.717, 1.165) is 37.5 Å². The van der Waals surface area contributed by atoms with Crippen LogP contribution in [0.1, 0.15) is 18.4 Å². The van der Waals surface area contributed by atoms with E-state index in [-0.39, 0.29) is 18.6 Å². The van der Waals surface area contributed by atoms with Crippen LogP contribution in [0.5, 0.6) is 0 Å². The minimum atomic E-state index is -0.0363. The summed E-state index contributed by atoms with van der Waals surface area (Å²) in [6.45, 7) is 2.98. The number of amides is 1. The van der Waals surface area contributed by atoms with Gasteiger partial charge in [-0.25, -0.2) is 0 Å². The van der Waals surface area contributed by atoms with Gasteiger partial charge in [0.15, 0.2) is 0 Å². The molecule has 1 N–H and O–H groups in total. The highest BCUT2D eigenvalue weighted by atomic mass is 35.5. The predicted molar refractivity (Wildman–Crippen MR) is 79.8 cm³/mol. The van der Waals surface area contributed by atoms with Crippen LogP contribution < -0.4 is 5.32 Å². The third kappa shape index (κ3) is 4.78. The second-order valence-corrected chi connectivity index (χ2v) is 5.64. The number of likely N-dealkylation sites (tertiary alicyclic amines) is 1. The summed E-state index contributed by atoms with van der Waals surface area (Å²) in [6, 6.07) is 8.15. The lowest BCUT2D eigenvalue weighted by atomic mass is 10.0. The van der Waals surface area contributed by atoms with Crippen LogP contribution in [0.4, 0.5) is 0 Å². The molecular weight excluding hydrogens is 276 g/mol. The molecule has 1 heterocycles. The van der Waals surface area contributed by atoms with E-state index in [0.29, 0.717) is 0 Å². The van der Waals surface area contributed by atoms with E-state index in [9.17, 15) is 4.79 Å². The predicted octanol–water partition coefficient (Wildman–Crippen LogP) is 2.07. The summed E-state index contributed by atoms with van der Waals surface area (Å²) in [7, 11) is 1.54. The average Bonchev–Trinajstić information content (AvgIpc) is 2.42. The van der Waals surface area contributed by atoms with Gasteiger partial charge in [0.1, 0.15) is 6.61 Å². The number of nitrogens with one attached hydrogen (secondary N) is 1. The molecule has 0 radical (unpaired) electrons. The third-order valence-corrected chi connectivity index (χ3v) is 3.72. The fraction of sp³-hybridized carbons (Fsp3) is 0.533. The maximum atomic E-state index is 11.5. The molecule has 0 saturated carbocycles. The Morgan fingerprint density at radius 2 is 2.20 bits per heavy atom. The Morgan fingerprint density at radius 3 is 2.90 bits per heavy atom. The number of hydrogen-bond acceptors (Lipinski definition) is 3. The minimum absolute atomic E-state index is 0.0363. The highest BCUT2D eigenvalue weighted by molar-refractivity contribution is 6.30. The SMILES string of the molecule is COCC(=O)N[C@@H]1CCCN(Cc2ccc(Cl)cc2)C1. The van der Waals surface area contributed by atoms with Gasteiger partial charge in [-0.05, 0) is 37.1 Å². The second-order valence-electron chi connectivity index (χ2n) is 5.20. The molecule has 2 rings (SSSR count). The molecule has 0 aromatic heterocycles. The zero-order valence-corrected chi connectivity index (χ0v) is 12.5. The molecule has 0 unspecified atom stereocenters. The van der Waals surface area contributed by atoms with Gasteiger partial charge in [-0.1, -0.05) is 23.7 Å². The third-order valence-electron chi connectivity index (χ3n) is 3.47. The number of hydrogen-bond donors (Lipinski definition) is 1. The molecule has 0 spiro atoms. The number of nitrogens with zero attached hydrogens (tertiary/aromatic N) is 1. The van der Waals surface area contributed by atoms with E-state index in [1.807, 2.05) is 12.1 Å². The van der Waals surface area contributed by atoms with Crippen LogP contribution in [0.15, 0.2) is 24.3 Å². The molecule has 1 fully saturated rings. The number of halogens is 1. The molecule has 1 atom stereocenters. The standard InChI is InChI=1S/C15H21ClN2O2/c1-20-11-15(19)17-14-3-2-8-18(10-14)9-12-4-6-13(16)7-5-12/h4-7,14H,2-3,8-11H2,1H3,(H,17,19)/t14-/m1/s1. The minimum Gasteiger partial charge on any atom is -0.375 e. The van der Waals surface area contributed by atoms with Crippen LogP contribution in [-0.4, -0.2) is 43.7 Å². The maximum Gasteiger partial charge on any atom is 0.246 e. The monoisotopic (exact) mass is 296 g/mol. The van der Waals surface area contributed by atoms with Crippen molar-refractivity contribution in [3.05, 3.63) is 34.9 Å². The van der Waals surface area contributed by atoms with Gasteiger partial charge in [-0.15, -0.1) is 0 Å². The molecule has 5 heteroatoms. The topological polar surface area (TPSA) is 41.6 Å². The first kappa shape index (κ1) is 15.3. The number of carbonyl (C=O) groups excluding carboxylic acids is 1. The fourth-order valence-electron chi connectivity index (χ4n) is 2.57. The quantitative estimate of drug-likeness (QED) is 0.904. The Kier molecular flexibility index (Phi) is 5.83. The average molecular weight is 297 g/mol. The first-order valence-corrected chi connectivity index (χ1v) is 7.30. The summed E-state index contributed by atoms with van der Waals surface area (Å²) in [6.07, 6.45) is 2.14. The van der Waals surface area contributed by atoms with Crippen molar-refractivity contribution in [3.8, 4) is 0 Å². The van der Waals surface area contributed by atoms with Crippen molar-refractivity contribution in [2.75, 3.05) is 26.8 Å². The Morgan fingerprint density at radius 1 is 1.45 bits per heavy atom. The van der Waals surface area contributed by atoms with Crippen molar-refractivity contribution < 1.29 is 9.53 Å². The molecule has 4 nitrogen and oxygen atoms in total. The van der Waals surface area contributed by atoms with Gasteiger partial charge < -0.3 is 10.1 Å². The van der Waals surface area contributed by atoms with E-state index >= 15 is 0 Å². The Hall–Kier alpha value is -1.10. The van der Waals surface area contributed by atoms with Crippen LogP contribution >= 0.6 is 11.6 Å². The normalized spacial score (nSPS) is 19.8. The van der Waals surface area contributed by atoms with Gasteiger partial charge >= 0.3 is 0 Å². The number of rotatable bonds is 5. The molecule has 1 amide bonds. The van der Waals surface area contributed by atoms with Gasteiger partial charge in [0, 0.05) is 31.3 Å². The summed E-state index contributed by atoms with van der Waals surface area (Å²) in [5, 5.41) is 3.78. The van der Waals surface area contributed by atoms with Crippen LogP contribution in [0.25, 0.3) is 0 Å². The second kappa shape index (κ2) is 7.62. The Labute approximate surface area is 125 Å². The lowest BCUT2D eigenvalue weighted by Crippen LogP contribution is -2.48. The molecule has 1 aliphatic rings. The van der Waals surface area contributed by atoms with Crippen LogP contribution in [0.3, 0.4) is 0 Å².